The number of alkyl halides is 1. The van der Waals surface area contributed by atoms with Gasteiger partial charge in [0.15, 0.2) is 18.0 Å². The van der Waals surface area contributed by atoms with E-state index < -0.39 is 36.8 Å². The summed E-state index contributed by atoms with van der Waals surface area (Å²) in [6.45, 7) is 1.30. The van der Waals surface area contributed by atoms with Gasteiger partial charge in [-0.1, -0.05) is 54.6 Å². The van der Waals surface area contributed by atoms with Crippen molar-refractivity contribution < 1.29 is 28.4 Å². The van der Waals surface area contributed by atoms with Crippen molar-refractivity contribution in [3.63, 3.8) is 0 Å². The van der Waals surface area contributed by atoms with Gasteiger partial charge in [0.25, 0.3) is 0 Å². The Morgan fingerprint density at radius 3 is 2.02 bits per heavy atom. The zero-order chi connectivity index (χ0) is 29.3. The molecule has 42 heavy (non-hydrogen) atoms. The highest BCUT2D eigenvalue weighted by atomic mass is 19.1. The average molecular weight is 571 g/mol. The van der Waals surface area contributed by atoms with Gasteiger partial charge in [-0.3, -0.25) is 4.57 Å². The molecule has 9 nitrogen and oxygen atoms in total. The highest BCUT2D eigenvalue weighted by Crippen LogP contribution is 2.47. The third kappa shape index (κ3) is 4.67. The minimum absolute atomic E-state index is 0.478. The summed E-state index contributed by atoms with van der Waals surface area (Å²) in [5, 5.41) is 10.1. The fraction of sp³-hybridized carbons (Fsp3) is 0.281. The maximum absolute atomic E-state index is 16.4. The maximum atomic E-state index is 16.4. The van der Waals surface area contributed by atoms with Crippen LogP contribution < -0.4 is 9.47 Å². The number of methoxy groups -OCH3 is 2. The van der Waals surface area contributed by atoms with E-state index in [1.807, 2.05) is 85.8 Å². The number of aliphatic hydroxyl groups excluding tert-OH is 1. The van der Waals surface area contributed by atoms with E-state index in [1.165, 1.54) is 6.33 Å². The molecule has 0 radical (unpaired) electrons. The van der Waals surface area contributed by atoms with Crippen molar-refractivity contribution >= 4 is 11.2 Å². The molecule has 1 saturated heterocycles. The summed E-state index contributed by atoms with van der Waals surface area (Å²) >= 11 is 0. The van der Waals surface area contributed by atoms with Gasteiger partial charge in [0, 0.05) is 0 Å². The summed E-state index contributed by atoms with van der Waals surface area (Å²) in [5.41, 5.74) is 2.68. The number of hydrogen-bond acceptors (Lipinski definition) is 8. The van der Waals surface area contributed by atoms with Crippen LogP contribution in [-0.2, 0) is 15.1 Å². The summed E-state index contributed by atoms with van der Waals surface area (Å²) < 4.78 is 42.1. The predicted molar refractivity (Wildman–Crippen MR) is 153 cm³/mol. The molecule has 6 rings (SSSR count). The number of ether oxygens (including phenoxy) is 4. The first-order chi connectivity index (χ1) is 20.5. The maximum Gasteiger partial charge on any atom is 0.166 e. The van der Waals surface area contributed by atoms with E-state index in [0.29, 0.717) is 28.4 Å². The van der Waals surface area contributed by atoms with Crippen molar-refractivity contribution in [2.45, 2.75) is 37.1 Å². The molecule has 2 aromatic heterocycles. The number of fused-ring (bicyclic) bond motifs is 1. The Bertz CT molecular complexity index is 1600. The molecule has 1 N–H and O–H groups in total. The molecule has 1 aliphatic heterocycles. The Hall–Kier alpha value is -4.38. The predicted octanol–water partition coefficient (Wildman–Crippen LogP) is 4.76. The van der Waals surface area contributed by atoms with Crippen molar-refractivity contribution in [2.75, 3.05) is 20.8 Å². The van der Waals surface area contributed by atoms with E-state index in [4.69, 9.17) is 18.9 Å². The number of aliphatic hydroxyl groups is 1. The standard InChI is InChI=1S/C32H31FN4O5/c1-20-28-30(35-18-34-20)37(19-36-28)31-29(27(33)26(17-38)41-31)42-32(21-7-5-4-6-8-21,22-9-13-24(39-2)14-10-22)23-11-15-25(40-3)16-12-23/h4-16,18-19,26-27,29,31,38H,17H2,1-3H3. The third-order valence-corrected chi connectivity index (χ3v) is 7.75. The van der Waals surface area contributed by atoms with E-state index in [2.05, 4.69) is 15.0 Å². The molecule has 0 saturated carbocycles. The molecular weight excluding hydrogens is 539 g/mol. The Labute approximate surface area is 242 Å². The Morgan fingerprint density at radius 1 is 0.857 bits per heavy atom. The van der Waals surface area contributed by atoms with Crippen LogP contribution in [0.1, 0.15) is 28.6 Å². The lowest BCUT2D eigenvalue weighted by Crippen LogP contribution is -2.42. The zero-order valence-corrected chi connectivity index (χ0v) is 23.4. The summed E-state index contributed by atoms with van der Waals surface area (Å²) in [6.07, 6.45) is -2.00. The summed E-state index contributed by atoms with van der Waals surface area (Å²) in [5.74, 6) is 1.34. The molecule has 1 fully saturated rings. The van der Waals surface area contributed by atoms with Gasteiger partial charge in [0.2, 0.25) is 0 Å². The van der Waals surface area contributed by atoms with E-state index in [-0.39, 0.29) is 0 Å². The minimum Gasteiger partial charge on any atom is -0.497 e. The summed E-state index contributed by atoms with van der Waals surface area (Å²) in [6, 6.07) is 24.6. The number of aromatic nitrogens is 4. The van der Waals surface area contributed by atoms with Crippen LogP contribution >= 0.6 is 0 Å². The van der Waals surface area contributed by atoms with Crippen molar-refractivity contribution in [3.05, 3.63) is 114 Å². The van der Waals surface area contributed by atoms with Crippen molar-refractivity contribution in [3.8, 4) is 11.5 Å². The second kappa shape index (κ2) is 11.5. The number of aryl methyl sites for hydroxylation is 1. The Balaban J connectivity index is 1.57. The van der Waals surface area contributed by atoms with Crippen LogP contribution in [0.3, 0.4) is 0 Å². The normalized spacial score (nSPS) is 20.6. The van der Waals surface area contributed by atoms with E-state index >= 15 is 4.39 Å². The quantitative estimate of drug-likeness (QED) is 0.253. The van der Waals surface area contributed by atoms with Gasteiger partial charge in [-0.2, -0.15) is 0 Å². The molecule has 0 spiro atoms. The second-order valence-corrected chi connectivity index (χ2v) is 10.1. The SMILES string of the molecule is COc1ccc(C(OC2C(F)C(CO)OC2n2cnc3c(C)ncnc32)(c2ccccc2)c2ccc(OC)cc2)cc1. The van der Waals surface area contributed by atoms with Gasteiger partial charge in [-0.25, -0.2) is 19.3 Å². The third-order valence-electron chi connectivity index (χ3n) is 7.75. The number of halogens is 1. The lowest BCUT2D eigenvalue weighted by Gasteiger charge is -2.39. The molecule has 216 valence electrons. The number of rotatable bonds is 9. The van der Waals surface area contributed by atoms with Gasteiger partial charge in [-0.05, 0) is 47.9 Å². The van der Waals surface area contributed by atoms with E-state index in [0.717, 1.165) is 16.7 Å². The van der Waals surface area contributed by atoms with Crippen molar-refractivity contribution in [2.24, 2.45) is 0 Å². The lowest BCUT2D eigenvalue weighted by atomic mass is 9.79. The second-order valence-electron chi connectivity index (χ2n) is 10.1. The minimum atomic E-state index is -1.68. The van der Waals surface area contributed by atoms with E-state index in [9.17, 15) is 5.11 Å². The van der Waals surface area contributed by atoms with Gasteiger partial charge >= 0.3 is 0 Å². The molecule has 5 aromatic rings. The first-order valence-electron chi connectivity index (χ1n) is 13.6. The molecule has 3 aromatic carbocycles. The van der Waals surface area contributed by atoms with Crippen LogP contribution in [0.5, 0.6) is 11.5 Å². The van der Waals surface area contributed by atoms with Gasteiger partial charge in [0.05, 0.1) is 32.8 Å². The monoisotopic (exact) mass is 570 g/mol. The fourth-order valence-corrected chi connectivity index (χ4v) is 5.58. The van der Waals surface area contributed by atoms with Gasteiger partial charge in [-0.15, -0.1) is 0 Å². The number of imidazole rings is 1. The average Bonchev–Trinajstić information content (AvgIpc) is 3.61. The molecule has 4 atom stereocenters. The largest absolute Gasteiger partial charge is 0.497 e. The van der Waals surface area contributed by atoms with Gasteiger partial charge < -0.3 is 24.1 Å². The highest BCUT2D eigenvalue weighted by Gasteiger charge is 2.52. The van der Waals surface area contributed by atoms with E-state index in [1.54, 1.807) is 25.1 Å². The smallest absolute Gasteiger partial charge is 0.166 e. The molecule has 3 heterocycles. The fourth-order valence-electron chi connectivity index (χ4n) is 5.58. The summed E-state index contributed by atoms with van der Waals surface area (Å²) in [4.78, 5) is 13.1. The highest BCUT2D eigenvalue weighted by molar-refractivity contribution is 5.72. The first kappa shape index (κ1) is 27.8. The number of nitrogens with zero attached hydrogens (tertiary/aromatic N) is 4. The lowest BCUT2D eigenvalue weighted by molar-refractivity contribution is -0.115. The van der Waals surface area contributed by atoms with Crippen LogP contribution in [0, 0.1) is 6.92 Å². The molecular formula is C32H31FN4O5. The first-order valence-corrected chi connectivity index (χ1v) is 13.6. The molecule has 0 bridgehead atoms. The zero-order valence-electron chi connectivity index (χ0n) is 23.4. The van der Waals surface area contributed by atoms with Crippen LogP contribution in [-0.4, -0.2) is 63.8 Å². The topological polar surface area (TPSA) is 101 Å². The molecule has 1 aliphatic rings. The molecule has 4 unspecified atom stereocenters. The van der Waals surface area contributed by atoms with Crippen LogP contribution in [0.2, 0.25) is 0 Å². The van der Waals surface area contributed by atoms with Crippen LogP contribution in [0.4, 0.5) is 4.39 Å². The molecule has 0 amide bonds. The van der Waals surface area contributed by atoms with Crippen LogP contribution in [0.25, 0.3) is 11.2 Å². The van der Waals surface area contributed by atoms with Crippen molar-refractivity contribution in [1.82, 2.24) is 19.5 Å². The number of hydrogen-bond donors (Lipinski definition) is 1. The van der Waals surface area contributed by atoms with Gasteiger partial charge in [0.1, 0.15) is 41.2 Å². The van der Waals surface area contributed by atoms with Crippen molar-refractivity contribution in [1.29, 1.82) is 0 Å². The van der Waals surface area contributed by atoms with Crippen LogP contribution in [0.15, 0.2) is 91.5 Å². The molecule has 0 aliphatic carbocycles. The number of benzene rings is 3. The Kier molecular flexibility index (Phi) is 7.59. The Morgan fingerprint density at radius 2 is 1.45 bits per heavy atom. The summed E-state index contributed by atoms with van der Waals surface area (Å²) in [7, 11) is 3.20. The molecule has 10 heteroatoms.